The second-order valence-corrected chi connectivity index (χ2v) is 2.50. The molecule has 0 radical (unpaired) electrons. The maximum Gasteiger partial charge on any atom is 0.121 e. The summed E-state index contributed by atoms with van der Waals surface area (Å²) in [6.07, 6.45) is -0.886. The van der Waals surface area contributed by atoms with E-state index in [1.54, 1.807) is 0 Å². The van der Waals surface area contributed by atoms with Crippen molar-refractivity contribution < 1.29 is 8.78 Å². The van der Waals surface area contributed by atoms with Crippen LogP contribution in [0.1, 0.15) is 19.3 Å². The molecule has 0 saturated heterocycles. The normalized spacial score (nSPS) is 36.9. The molecule has 1 saturated carbocycles. The van der Waals surface area contributed by atoms with Gasteiger partial charge in [0.15, 0.2) is 0 Å². The molecule has 2 heteroatoms. The number of allylic oxidation sites excluding steroid dienone is 1. The Balaban J connectivity index is 2.44. The fraction of sp³-hybridized carbons (Fsp3) is 0.714. The molecular formula is C7H10F2. The fourth-order valence-electron chi connectivity index (χ4n) is 1.05. The molecule has 1 aliphatic carbocycles. The van der Waals surface area contributed by atoms with Gasteiger partial charge in [-0.1, -0.05) is 6.58 Å². The molecule has 0 heterocycles. The van der Waals surface area contributed by atoms with E-state index in [-0.39, 0.29) is 6.42 Å². The van der Waals surface area contributed by atoms with Crippen LogP contribution in [0.2, 0.25) is 0 Å². The Labute approximate surface area is 53.6 Å². The molecule has 0 bridgehead atoms. The number of rotatable bonds is 0. The first-order valence-electron chi connectivity index (χ1n) is 3.16. The van der Waals surface area contributed by atoms with Gasteiger partial charge in [0.05, 0.1) is 0 Å². The van der Waals surface area contributed by atoms with Gasteiger partial charge in [0, 0.05) is 6.42 Å². The van der Waals surface area contributed by atoms with Crippen molar-refractivity contribution >= 4 is 0 Å². The first-order chi connectivity index (χ1) is 4.20. The smallest absolute Gasteiger partial charge is 0.121 e. The Bertz CT molecular complexity index is 120. The third-order valence-corrected chi connectivity index (χ3v) is 1.66. The van der Waals surface area contributed by atoms with Crippen LogP contribution in [-0.2, 0) is 0 Å². The van der Waals surface area contributed by atoms with Gasteiger partial charge >= 0.3 is 0 Å². The van der Waals surface area contributed by atoms with Gasteiger partial charge < -0.3 is 0 Å². The molecule has 0 aromatic heterocycles. The van der Waals surface area contributed by atoms with Crippen molar-refractivity contribution in [2.75, 3.05) is 0 Å². The fourth-order valence-corrected chi connectivity index (χ4v) is 1.05. The highest BCUT2D eigenvalue weighted by molar-refractivity contribution is 5.06. The van der Waals surface area contributed by atoms with Gasteiger partial charge in [0.25, 0.3) is 0 Å². The number of alkyl halides is 2. The molecule has 0 amide bonds. The van der Waals surface area contributed by atoms with Crippen molar-refractivity contribution in [3.8, 4) is 0 Å². The quantitative estimate of drug-likeness (QED) is 0.444. The Morgan fingerprint density at radius 3 is 2.44 bits per heavy atom. The molecule has 2 atom stereocenters. The standard InChI is InChI=1S/C7H10F2/c1-5-4-6(8)2-3-7(5)9/h6-7H,1-4H2. The molecule has 52 valence electrons. The largest absolute Gasteiger partial charge is 0.247 e. The van der Waals surface area contributed by atoms with E-state index in [9.17, 15) is 8.78 Å². The highest BCUT2D eigenvalue weighted by Crippen LogP contribution is 2.26. The molecule has 1 rings (SSSR count). The lowest BCUT2D eigenvalue weighted by atomic mass is 9.93. The van der Waals surface area contributed by atoms with E-state index >= 15 is 0 Å². The van der Waals surface area contributed by atoms with E-state index in [2.05, 4.69) is 6.58 Å². The van der Waals surface area contributed by atoms with Crippen molar-refractivity contribution in [2.24, 2.45) is 0 Å². The SMILES string of the molecule is C=C1CC(F)CCC1F. The average molecular weight is 132 g/mol. The van der Waals surface area contributed by atoms with Crippen molar-refractivity contribution in [3.05, 3.63) is 12.2 Å². The lowest BCUT2D eigenvalue weighted by Gasteiger charge is -2.20. The molecule has 0 aliphatic heterocycles. The molecule has 0 nitrogen and oxygen atoms in total. The highest BCUT2D eigenvalue weighted by atomic mass is 19.1. The first-order valence-corrected chi connectivity index (χ1v) is 3.16. The summed E-state index contributed by atoms with van der Waals surface area (Å²) >= 11 is 0. The van der Waals surface area contributed by atoms with E-state index in [4.69, 9.17) is 0 Å². The zero-order chi connectivity index (χ0) is 6.85. The van der Waals surface area contributed by atoms with Gasteiger partial charge in [-0.2, -0.15) is 0 Å². The van der Waals surface area contributed by atoms with E-state index in [1.165, 1.54) is 0 Å². The van der Waals surface area contributed by atoms with Crippen LogP contribution >= 0.6 is 0 Å². The number of hydrogen-bond donors (Lipinski definition) is 0. The lowest BCUT2D eigenvalue weighted by molar-refractivity contribution is 0.220. The lowest BCUT2D eigenvalue weighted by Crippen LogP contribution is -2.17. The Kier molecular flexibility index (Phi) is 1.84. The highest BCUT2D eigenvalue weighted by Gasteiger charge is 2.22. The minimum absolute atomic E-state index is 0.223. The molecule has 9 heavy (non-hydrogen) atoms. The van der Waals surface area contributed by atoms with Crippen LogP contribution in [-0.4, -0.2) is 12.3 Å². The van der Waals surface area contributed by atoms with Gasteiger partial charge in [-0.05, 0) is 18.4 Å². The Morgan fingerprint density at radius 1 is 1.33 bits per heavy atom. The predicted molar refractivity (Wildman–Crippen MR) is 32.8 cm³/mol. The summed E-state index contributed by atoms with van der Waals surface area (Å²) < 4.78 is 24.9. The van der Waals surface area contributed by atoms with Gasteiger partial charge in [0.2, 0.25) is 0 Å². The Hall–Kier alpha value is -0.400. The summed E-state index contributed by atoms with van der Waals surface area (Å²) in [4.78, 5) is 0. The molecule has 2 unspecified atom stereocenters. The van der Waals surface area contributed by atoms with Gasteiger partial charge in [-0.3, -0.25) is 0 Å². The summed E-state index contributed by atoms with van der Waals surface area (Å²) in [6, 6.07) is 0. The van der Waals surface area contributed by atoms with Gasteiger partial charge in [-0.25, -0.2) is 8.78 Å². The molecular weight excluding hydrogens is 122 g/mol. The van der Waals surface area contributed by atoms with E-state index in [1.807, 2.05) is 0 Å². The van der Waals surface area contributed by atoms with E-state index in [0.717, 1.165) is 0 Å². The van der Waals surface area contributed by atoms with Crippen LogP contribution < -0.4 is 0 Å². The van der Waals surface area contributed by atoms with Gasteiger partial charge in [0.1, 0.15) is 12.3 Å². The maximum atomic E-state index is 12.5. The van der Waals surface area contributed by atoms with Crippen molar-refractivity contribution in [2.45, 2.75) is 31.6 Å². The molecule has 0 aromatic carbocycles. The van der Waals surface area contributed by atoms with E-state index in [0.29, 0.717) is 18.4 Å². The Morgan fingerprint density at radius 2 is 2.00 bits per heavy atom. The van der Waals surface area contributed by atoms with Crippen molar-refractivity contribution in [1.29, 1.82) is 0 Å². The molecule has 0 spiro atoms. The topological polar surface area (TPSA) is 0 Å². The molecule has 1 fully saturated rings. The first kappa shape index (κ1) is 6.72. The summed E-state index contributed by atoms with van der Waals surface area (Å²) in [5.41, 5.74) is 0.425. The maximum absolute atomic E-state index is 12.5. The summed E-state index contributed by atoms with van der Waals surface area (Å²) in [6.45, 7) is 3.43. The van der Waals surface area contributed by atoms with E-state index < -0.39 is 12.3 Å². The third kappa shape index (κ3) is 1.50. The number of halogens is 2. The average Bonchev–Trinajstić information content (AvgIpc) is 1.80. The van der Waals surface area contributed by atoms with Crippen LogP contribution in [0.25, 0.3) is 0 Å². The van der Waals surface area contributed by atoms with Crippen molar-refractivity contribution in [3.63, 3.8) is 0 Å². The monoisotopic (exact) mass is 132 g/mol. The number of hydrogen-bond acceptors (Lipinski definition) is 0. The summed E-state index contributed by atoms with van der Waals surface area (Å²) in [5.74, 6) is 0. The predicted octanol–water partition coefficient (Wildman–Crippen LogP) is 2.40. The van der Waals surface area contributed by atoms with Crippen LogP contribution in [0, 0.1) is 0 Å². The second-order valence-electron chi connectivity index (χ2n) is 2.50. The van der Waals surface area contributed by atoms with Crippen LogP contribution in [0.3, 0.4) is 0 Å². The molecule has 0 aromatic rings. The zero-order valence-corrected chi connectivity index (χ0v) is 5.24. The van der Waals surface area contributed by atoms with Gasteiger partial charge in [-0.15, -0.1) is 0 Å². The minimum Gasteiger partial charge on any atom is -0.247 e. The molecule has 0 N–H and O–H groups in total. The second kappa shape index (κ2) is 2.46. The van der Waals surface area contributed by atoms with Crippen LogP contribution in [0.5, 0.6) is 0 Å². The minimum atomic E-state index is -0.947. The summed E-state index contributed by atoms with van der Waals surface area (Å²) in [7, 11) is 0. The summed E-state index contributed by atoms with van der Waals surface area (Å²) in [5, 5.41) is 0. The zero-order valence-electron chi connectivity index (χ0n) is 5.24. The van der Waals surface area contributed by atoms with Crippen molar-refractivity contribution in [1.82, 2.24) is 0 Å². The molecule has 1 aliphatic rings. The van der Waals surface area contributed by atoms with Crippen LogP contribution in [0.15, 0.2) is 12.2 Å². The third-order valence-electron chi connectivity index (χ3n) is 1.66. The van der Waals surface area contributed by atoms with Crippen LogP contribution in [0.4, 0.5) is 8.78 Å².